The van der Waals surface area contributed by atoms with Gasteiger partial charge in [0.15, 0.2) is 5.65 Å². The Morgan fingerprint density at radius 2 is 2.16 bits per heavy atom. The van der Waals surface area contributed by atoms with Crippen molar-refractivity contribution in [1.82, 2.24) is 19.3 Å². The summed E-state index contributed by atoms with van der Waals surface area (Å²) < 4.78 is 15.3. The number of hydrogen-bond acceptors (Lipinski definition) is 3. The molecule has 2 aromatic heterocycles. The van der Waals surface area contributed by atoms with E-state index in [2.05, 4.69) is 21.6 Å². The van der Waals surface area contributed by atoms with E-state index in [1.807, 2.05) is 11.7 Å². The predicted octanol–water partition coefficient (Wildman–Crippen LogP) is 1.49. The van der Waals surface area contributed by atoms with Gasteiger partial charge in [0.2, 0.25) is 0 Å². The first-order chi connectivity index (χ1) is 9.08. The van der Waals surface area contributed by atoms with Crippen LogP contribution in [0.4, 0.5) is 0 Å². The lowest BCUT2D eigenvalue weighted by Crippen LogP contribution is -2.12. The van der Waals surface area contributed by atoms with E-state index in [1.54, 1.807) is 6.26 Å². The largest absolute Gasteiger partial charge is 0.312 e. The van der Waals surface area contributed by atoms with Gasteiger partial charge in [0, 0.05) is 48.7 Å². The molecule has 19 heavy (non-hydrogen) atoms. The third-order valence-electron chi connectivity index (χ3n) is 3.13. The normalized spacial score (nSPS) is 13.3. The quantitative estimate of drug-likeness (QED) is 0.760. The van der Waals surface area contributed by atoms with Gasteiger partial charge < -0.3 is 4.57 Å². The fourth-order valence-electron chi connectivity index (χ4n) is 2.26. The van der Waals surface area contributed by atoms with E-state index in [0.29, 0.717) is 18.2 Å². The Morgan fingerprint density at radius 3 is 2.74 bits per heavy atom. The number of imidazole rings is 1. The molecule has 0 saturated carbocycles. The lowest BCUT2D eigenvalue weighted by atomic mass is 10.3. The average molecular weight is 303 g/mol. The van der Waals surface area contributed by atoms with E-state index in [0.717, 1.165) is 35.5 Å². The molecule has 0 amide bonds. The Morgan fingerprint density at radius 1 is 1.42 bits per heavy atom. The summed E-state index contributed by atoms with van der Waals surface area (Å²) in [5.74, 6) is 2.11. The van der Waals surface area contributed by atoms with Crippen LogP contribution in [0, 0.1) is 0 Å². The van der Waals surface area contributed by atoms with Gasteiger partial charge in [-0.15, -0.1) is 11.6 Å². The number of rotatable bonds is 6. The molecule has 1 atom stereocenters. The van der Waals surface area contributed by atoms with Crippen molar-refractivity contribution in [3.05, 3.63) is 11.5 Å². The second-order valence-corrected chi connectivity index (χ2v) is 6.42. The van der Waals surface area contributed by atoms with E-state index in [4.69, 9.17) is 11.6 Å². The van der Waals surface area contributed by atoms with Gasteiger partial charge in [-0.2, -0.15) is 5.10 Å². The molecule has 1 unspecified atom stereocenters. The smallest absolute Gasteiger partial charge is 0.158 e. The zero-order valence-electron chi connectivity index (χ0n) is 11.5. The van der Waals surface area contributed by atoms with Gasteiger partial charge in [0.1, 0.15) is 11.3 Å². The van der Waals surface area contributed by atoms with Gasteiger partial charge in [-0.05, 0) is 6.42 Å². The molecule has 0 radical (unpaired) electrons. The van der Waals surface area contributed by atoms with E-state index < -0.39 is 10.8 Å². The zero-order valence-corrected chi connectivity index (χ0v) is 13.1. The molecule has 0 fully saturated rings. The Labute approximate surface area is 120 Å². The second kappa shape index (κ2) is 6.05. The van der Waals surface area contributed by atoms with Crippen LogP contribution in [0.2, 0.25) is 0 Å². The van der Waals surface area contributed by atoms with E-state index >= 15 is 0 Å². The molecule has 7 heteroatoms. The molecule has 2 heterocycles. The van der Waals surface area contributed by atoms with Gasteiger partial charge >= 0.3 is 0 Å². The molecule has 0 N–H and O–H groups in total. The van der Waals surface area contributed by atoms with Crippen molar-refractivity contribution in [3.63, 3.8) is 0 Å². The Bertz CT molecular complexity index is 604. The Balaban J connectivity index is 2.52. The lowest BCUT2D eigenvalue weighted by Gasteiger charge is -2.07. The molecule has 0 saturated heterocycles. The minimum atomic E-state index is -0.818. The fraction of sp³-hybridized carbons (Fsp3) is 0.667. The maximum Gasteiger partial charge on any atom is 0.158 e. The highest BCUT2D eigenvalue weighted by Crippen LogP contribution is 2.20. The predicted molar refractivity (Wildman–Crippen MR) is 79.2 cm³/mol. The van der Waals surface area contributed by atoms with E-state index in [-0.39, 0.29) is 0 Å². The summed E-state index contributed by atoms with van der Waals surface area (Å²) in [6.45, 7) is 2.76. The van der Waals surface area contributed by atoms with Crippen LogP contribution in [-0.2, 0) is 37.2 Å². The zero-order chi connectivity index (χ0) is 14.0. The van der Waals surface area contributed by atoms with E-state index in [9.17, 15) is 4.21 Å². The Kier molecular flexibility index (Phi) is 4.62. The first kappa shape index (κ1) is 14.5. The van der Waals surface area contributed by atoms with Crippen LogP contribution < -0.4 is 0 Å². The number of alkyl halides is 1. The van der Waals surface area contributed by atoms with Crippen LogP contribution in [0.5, 0.6) is 0 Å². The first-order valence-electron chi connectivity index (χ1n) is 6.35. The molecule has 0 aliphatic carbocycles. The first-order valence-corrected chi connectivity index (χ1v) is 8.61. The molecule has 0 aromatic carbocycles. The van der Waals surface area contributed by atoms with Crippen molar-refractivity contribution in [2.45, 2.75) is 26.3 Å². The molecule has 0 bridgehead atoms. The van der Waals surface area contributed by atoms with Crippen LogP contribution in [0.15, 0.2) is 0 Å². The van der Waals surface area contributed by atoms with Crippen molar-refractivity contribution < 1.29 is 4.21 Å². The summed E-state index contributed by atoms with van der Waals surface area (Å²) in [5, 5.41) is 4.48. The van der Waals surface area contributed by atoms with Crippen LogP contribution in [0.1, 0.15) is 18.4 Å². The number of hydrogen-bond donors (Lipinski definition) is 0. The maximum atomic E-state index is 11.3. The van der Waals surface area contributed by atoms with Crippen LogP contribution in [0.3, 0.4) is 0 Å². The minimum absolute atomic E-state index is 0.535. The molecule has 5 nitrogen and oxygen atoms in total. The monoisotopic (exact) mass is 302 g/mol. The van der Waals surface area contributed by atoms with Crippen LogP contribution in [-0.4, -0.2) is 41.4 Å². The lowest BCUT2D eigenvalue weighted by molar-refractivity contribution is 0.659. The summed E-state index contributed by atoms with van der Waals surface area (Å²) in [6, 6.07) is 0. The summed E-state index contributed by atoms with van der Waals surface area (Å²) in [6.07, 6.45) is 3.29. The fourth-order valence-corrected chi connectivity index (χ4v) is 2.86. The average Bonchev–Trinajstić information content (AvgIpc) is 2.86. The third-order valence-corrected chi connectivity index (χ3v) is 4.07. The minimum Gasteiger partial charge on any atom is -0.312 e. The summed E-state index contributed by atoms with van der Waals surface area (Å²) >= 11 is 5.84. The maximum absolute atomic E-state index is 11.3. The Hall–Kier alpha value is -0.880. The van der Waals surface area contributed by atoms with E-state index in [1.165, 1.54) is 0 Å². The van der Waals surface area contributed by atoms with Gasteiger partial charge in [0.05, 0.1) is 5.69 Å². The van der Waals surface area contributed by atoms with Gasteiger partial charge in [0.25, 0.3) is 0 Å². The summed E-state index contributed by atoms with van der Waals surface area (Å²) in [7, 11) is 1.11. The highest BCUT2D eigenvalue weighted by molar-refractivity contribution is 7.84. The number of fused-ring (bicyclic) bond motifs is 1. The molecular weight excluding hydrogens is 284 g/mol. The number of aromatic nitrogens is 4. The highest BCUT2D eigenvalue weighted by atomic mass is 35.5. The van der Waals surface area contributed by atoms with Gasteiger partial charge in [-0.1, -0.05) is 6.92 Å². The summed E-state index contributed by atoms with van der Waals surface area (Å²) in [4.78, 5) is 4.67. The molecule has 2 aromatic rings. The topological polar surface area (TPSA) is 52.7 Å². The summed E-state index contributed by atoms with van der Waals surface area (Å²) in [5.41, 5.74) is 2.96. The van der Waals surface area contributed by atoms with Gasteiger partial charge in [-0.25, -0.2) is 4.98 Å². The molecule has 0 aliphatic rings. The number of aryl methyl sites for hydroxylation is 4. The molecule has 106 valence electrons. The highest BCUT2D eigenvalue weighted by Gasteiger charge is 2.18. The molecule has 0 aliphatic heterocycles. The van der Waals surface area contributed by atoms with Crippen molar-refractivity contribution in [2.24, 2.45) is 7.05 Å². The van der Waals surface area contributed by atoms with Crippen LogP contribution >= 0.6 is 11.6 Å². The molecule has 2 rings (SSSR count). The number of nitrogens with zero attached hydrogens (tertiary/aromatic N) is 4. The third kappa shape index (κ3) is 2.84. The van der Waals surface area contributed by atoms with Crippen LogP contribution in [0.25, 0.3) is 11.2 Å². The molecular formula is C12H19ClN4OS. The van der Waals surface area contributed by atoms with Crippen molar-refractivity contribution >= 4 is 33.6 Å². The van der Waals surface area contributed by atoms with Crippen molar-refractivity contribution in [1.29, 1.82) is 0 Å². The second-order valence-electron chi connectivity index (χ2n) is 4.49. The van der Waals surface area contributed by atoms with Crippen molar-refractivity contribution in [3.8, 4) is 0 Å². The van der Waals surface area contributed by atoms with Crippen molar-refractivity contribution in [2.75, 3.05) is 17.9 Å². The van der Waals surface area contributed by atoms with Gasteiger partial charge in [-0.3, -0.25) is 8.89 Å². The SMILES string of the molecule is CCc1nn(C)c2c1nc(CCCl)n2CCS(C)=O. The number of halogens is 1. The molecule has 0 spiro atoms. The standard InChI is InChI=1S/C12H19ClN4OS/c1-4-9-11-12(16(2)15-9)17(7-8-19(3)18)10(14-11)5-6-13/h4-8H2,1-3H3.